The normalized spacial score (nSPS) is 45.5. The summed E-state index contributed by atoms with van der Waals surface area (Å²) in [5.74, 6) is 5.45. The van der Waals surface area contributed by atoms with Gasteiger partial charge >= 0.3 is 0 Å². The predicted molar refractivity (Wildman–Crippen MR) is 129 cm³/mol. The quantitative estimate of drug-likeness (QED) is 0.544. The van der Waals surface area contributed by atoms with Crippen LogP contribution in [0.3, 0.4) is 0 Å². The molecule has 2 atom stereocenters. The summed E-state index contributed by atoms with van der Waals surface area (Å²) in [4.78, 5) is 24.1. The first-order valence-electron chi connectivity index (χ1n) is 14.1. The van der Waals surface area contributed by atoms with Gasteiger partial charge in [0.25, 0.3) is 0 Å². The summed E-state index contributed by atoms with van der Waals surface area (Å²) in [7, 11) is 0. The number of hydrogen-bond acceptors (Lipinski definition) is 3. The second kappa shape index (κ2) is 7.07. The lowest BCUT2D eigenvalue weighted by Gasteiger charge is -2.61. The fourth-order valence-corrected chi connectivity index (χ4v) is 11.5. The van der Waals surface area contributed by atoms with Crippen LogP contribution >= 0.6 is 0 Å². The number of rotatable bonds is 6. The molecule has 0 saturated heterocycles. The number of hydrogen-bond donors (Lipinski definition) is 0. The van der Waals surface area contributed by atoms with Crippen molar-refractivity contribution >= 4 is 5.78 Å². The van der Waals surface area contributed by atoms with Gasteiger partial charge in [-0.1, -0.05) is 0 Å². The molecule has 5 nitrogen and oxygen atoms in total. The molecule has 2 aromatic rings. The SMILES string of the molecule is O=C(C(n1ccnc1)C12CC3CC(CC(C3)C1)C2)C(n1ccnc1)C12CC3CC(CC(C3)C1)C2. The van der Waals surface area contributed by atoms with Crippen LogP contribution in [-0.2, 0) is 4.79 Å². The van der Waals surface area contributed by atoms with Gasteiger partial charge in [-0.05, 0) is 123 Å². The molecule has 0 spiro atoms. The molecular weight excluding hydrogens is 420 g/mol. The van der Waals surface area contributed by atoms with Crippen molar-refractivity contribution in [2.75, 3.05) is 0 Å². The van der Waals surface area contributed by atoms with E-state index < -0.39 is 0 Å². The Morgan fingerprint density at radius 3 is 1.21 bits per heavy atom. The Morgan fingerprint density at radius 1 is 0.618 bits per heavy atom. The van der Waals surface area contributed by atoms with Crippen LogP contribution in [0.5, 0.6) is 0 Å². The standard InChI is InChI=1S/C29H38N4O/c34-25(26(32-3-1-30-17-32)28-11-19-5-20(12-28)7-21(6-19)13-28)27(33-4-2-31-18-33)29-14-22-8-23(15-29)10-24(9-22)16-29/h1-4,17-24,26-27H,5-16H2. The summed E-state index contributed by atoms with van der Waals surface area (Å²) in [6, 6.07) is -0.160. The Kier molecular flexibility index (Phi) is 4.22. The summed E-state index contributed by atoms with van der Waals surface area (Å²) < 4.78 is 4.47. The van der Waals surface area contributed by atoms with Gasteiger partial charge < -0.3 is 9.13 Å². The fraction of sp³-hybridized carbons (Fsp3) is 0.759. The predicted octanol–water partition coefficient (Wildman–Crippen LogP) is 5.86. The molecule has 2 aromatic heterocycles. The van der Waals surface area contributed by atoms with Gasteiger partial charge in [0.05, 0.1) is 12.7 Å². The lowest BCUT2D eigenvalue weighted by molar-refractivity contribution is -0.152. The average molecular weight is 459 g/mol. The number of ketones is 1. The van der Waals surface area contributed by atoms with Crippen LogP contribution in [-0.4, -0.2) is 24.9 Å². The Bertz CT molecular complexity index is 915. The molecule has 0 radical (unpaired) electrons. The number of carbonyl (C=O) groups excluding carboxylic acids is 1. The zero-order chi connectivity index (χ0) is 22.5. The van der Waals surface area contributed by atoms with Crippen LogP contribution in [0.15, 0.2) is 37.4 Å². The van der Waals surface area contributed by atoms with E-state index in [1.54, 1.807) is 0 Å². The number of Topliss-reactive ketones (excluding diaryl/α,β-unsaturated/α-hetero) is 1. The van der Waals surface area contributed by atoms with Gasteiger partial charge in [-0.15, -0.1) is 0 Å². The highest BCUT2D eigenvalue weighted by Crippen LogP contribution is 2.67. The van der Waals surface area contributed by atoms with Gasteiger partial charge in [-0.25, -0.2) is 9.97 Å². The van der Waals surface area contributed by atoms with Crippen molar-refractivity contribution in [3.05, 3.63) is 37.4 Å². The highest BCUT2D eigenvalue weighted by atomic mass is 16.1. The van der Waals surface area contributed by atoms with E-state index in [1.807, 2.05) is 25.0 Å². The van der Waals surface area contributed by atoms with Crippen LogP contribution in [0.4, 0.5) is 0 Å². The van der Waals surface area contributed by atoms with Crippen LogP contribution in [0.2, 0.25) is 0 Å². The van der Waals surface area contributed by atoms with Gasteiger partial charge in [0, 0.05) is 24.8 Å². The summed E-state index contributed by atoms with van der Waals surface area (Å²) >= 11 is 0. The molecular formula is C29H38N4O. The minimum atomic E-state index is -0.0798. The molecule has 8 aliphatic carbocycles. The van der Waals surface area contributed by atoms with Gasteiger partial charge in [-0.3, -0.25) is 4.79 Å². The van der Waals surface area contributed by atoms with E-state index in [0.29, 0.717) is 5.78 Å². The molecule has 8 fully saturated rings. The molecule has 180 valence electrons. The van der Waals surface area contributed by atoms with Crippen molar-refractivity contribution < 1.29 is 4.79 Å². The third-order valence-electron chi connectivity index (χ3n) is 11.5. The lowest BCUT2D eigenvalue weighted by atomic mass is 9.45. The second-order valence-electron chi connectivity index (χ2n) is 13.8. The molecule has 2 unspecified atom stereocenters. The van der Waals surface area contributed by atoms with Gasteiger partial charge in [0.1, 0.15) is 12.1 Å². The van der Waals surface area contributed by atoms with E-state index in [9.17, 15) is 0 Å². The summed E-state index contributed by atoms with van der Waals surface area (Å²) in [6.45, 7) is 0. The lowest BCUT2D eigenvalue weighted by Crippen LogP contribution is -2.56. The smallest absolute Gasteiger partial charge is 0.179 e. The molecule has 0 N–H and O–H groups in total. The summed E-state index contributed by atoms with van der Waals surface area (Å²) in [6.07, 6.45) is 27.7. The first-order chi connectivity index (χ1) is 16.6. The Balaban J connectivity index is 1.25. The molecule has 2 heterocycles. The molecule has 8 saturated carbocycles. The highest BCUT2D eigenvalue weighted by Gasteiger charge is 2.61. The van der Waals surface area contributed by atoms with E-state index in [-0.39, 0.29) is 22.9 Å². The summed E-state index contributed by atoms with van der Waals surface area (Å²) in [5, 5.41) is 0. The van der Waals surface area contributed by atoms with E-state index in [2.05, 4.69) is 31.5 Å². The van der Waals surface area contributed by atoms with Gasteiger partial charge in [0.15, 0.2) is 5.78 Å². The number of imidazole rings is 2. The van der Waals surface area contributed by atoms with Gasteiger partial charge in [-0.2, -0.15) is 0 Å². The largest absolute Gasteiger partial charge is 0.326 e. The Hall–Kier alpha value is -1.91. The second-order valence-corrected chi connectivity index (χ2v) is 13.8. The third kappa shape index (κ3) is 2.88. The molecule has 0 amide bonds. The van der Waals surface area contributed by atoms with E-state index in [0.717, 1.165) is 35.5 Å². The Morgan fingerprint density at radius 2 is 0.941 bits per heavy atom. The monoisotopic (exact) mass is 458 g/mol. The maximum Gasteiger partial charge on any atom is 0.179 e. The summed E-state index contributed by atoms with van der Waals surface area (Å²) in [5.41, 5.74) is 0.237. The van der Waals surface area contributed by atoms with Crippen LogP contribution in [0.25, 0.3) is 0 Å². The Labute approximate surface area is 202 Å². The number of aromatic nitrogens is 4. The van der Waals surface area contributed by atoms with Gasteiger partial charge in [0.2, 0.25) is 0 Å². The first kappa shape index (κ1) is 20.3. The maximum atomic E-state index is 15.2. The maximum absolute atomic E-state index is 15.2. The number of carbonyl (C=O) groups is 1. The van der Waals surface area contributed by atoms with Crippen LogP contribution in [0, 0.1) is 46.3 Å². The minimum absolute atomic E-state index is 0.0798. The molecule has 5 heteroatoms. The third-order valence-corrected chi connectivity index (χ3v) is 11.5. The van der Waals surface area contributed by atoms with Crippen molar-refractivity contribution in [3.8, 4) is 0 Å². The zero-order valence-electron chi connectivity index (χ0n) is 20.3. The van der Waals surface area contributed by atoms with Crippen molar-refractivity contribution in [2.45, 2.75) is 89.1 Å². The topological polar surface area (TPSA) is 52.7 Å². The van der Waals surface area contributed by atoms with Crippen molar-refractivity contribution in [2.24, 2.45) is 46.3 Å². The zero-order valence-corrected chi connectivity index (χ0v) is 20.3. The van der Waals surface area contributed by atoms with E-state index in [4.69, 9.17) is 0 Å². The number of nitrogens with zero attached hydrogens (tertiary/aromatic N) is 4. The average Bonchev–Trinajstić information content (AvgIpc) is 3.46. The first-order valence-corrected chi connectivity index (χ1v) is 14.1. The van der Waals surface area contributed by atoms with Crippen molar-refractivity contribution in [3.63, 3.8) is 0 Å². The van der Waals surface area contributed by atoms with E-state index in [1.165, 1.54) is 77.0 Å². The molecule has 10 rings (SSSR count). The van der Waals surface area contributed by atoms with E-state index >= 15 is 4.79 Å². The van der Waals surface area contributed by atoms with Crippen molar-refractivity contribution in [1.29, 1.82) is 0 Å². The highest BCUT2D eigenvalue weighted by molar-refractivity contribution is 5.88. The fourth-order valence-electron chi connectivity index (χ4n) is 11.5. The molecule has 8 bridgehead atoms. The molecule has 0 aliphatic heterocycles. The molecule has 8 aliphatic rings. The van der Waals surface area contributed by atoms with Crippen LogP contribution in [0.1, 0.15) is 89.1 Å². The minimum Gasteiger partial charge on any atom is -0.326 e. The van der Waals surface area contributed by atoms with Crippen molar-refractivity contribution in [1.82, 2.24) is 19.1 Å². The molecule has 0 aromatic carbocycles. The molecule has 34 heavy (non-hydrogen) atoms. The van der Waals surface area contributed by atoms with Crippen LogP contribution < -0.4 is 0 Å².